The number of nitro groups is 1. The van der Waals surface area contributed by atoms with Crippen molar-refractivity contribution >= 4 is 5.69 Å². The van der Waals surface area contributed by atoms with E-state index >= 15 is 0 Å². The van der Waals surface area contributed by atoms with Gasteiger partial charge in [0, 0.05) is 11.6 Å². The van der Waals surface area contributed by atoms with Crippen LogP contribution < -0.4 is 0 Å². The summed E-state index contributed by atoms with van der Waals surface area (Å²) in [6.07, 6.45) is 0. The van der Waals surface area contributed by atoms with Crippen molar-refractivity contribution in [2.24, 2.45) is 0 Å². The number of hydrogen-bond acceptors (Lipinski definition) is 4. The van der Waals surface area contributed by atoms with Crippen LogP contribution in [0.3, 0.4) is 0 Å². The minimum atomic E-state index is -0.426. The van der Waals surface area contributed by atoms with E-state index in [2.05, 4.69) is 15.2 Å². The van der Waals surface area contributed by atoms with Gasteiger partial charge in [0.15, 0.2) is 11.6 Å². The lowest BCUT2D eigenvalue weighted by Crippen LogP contribution is -1.92. The Bertz CT molecular complexity index is 811. The van der Waals surface area contributed by atoms with Crippen molar-refractivity contribution in [1.82, 2.24) is 15.2 Å². The van der Waals surface area contributed by atoms with E-state index < -0.39 is 4.92 Å². The van der Waals surface area contributed by atoms with Gasteiger partial charge in [-0.3, -0.25) is 15.2 Å². The number of aromatic amines is 1. The molecule has 3 aromatic rings. The molecule has 0 radical (unpaired) electrons. The predicted molar refractivity (Wildman–Crippen MR) is 78.6 cm³/mol. The van der Waals surface area contributed by atoms with Gasteiger partial charge in [-0.2, -0.15) is 5.10 Å². The van der Waals surface area contributed by atoms with Crippen LogP contribution in [0.5, 0.6) is 0 Å². The topological polar surface area (TPSA) is 84.7 Å². The number of rotatable bonds is 3. The molecule has 0 unspecified atom stereocenters. The summed E-state index contributed by atoms with van der Waals surface area (Å²) in [5, 5.41) is 18.0. The Labute approximate surface area is 120 Å². The maximum absolute atomic E-state index is 11.1. The van der Waals surface area contributed by atoms with Crippen molar-refractivity contribution in [3.63, 3.8) is 0 Å². The average molecular weight is 280 g/mol. The third kappa shape index (κ3) is 2.51. The smallest absolute Gasteiger partial charge is 0.258 e. The molecule has 2 aromatic carbocycles. The van der Waals surface area contributed by atoms with Crippen LogP contribution in [0, 0.1) is 17.0 Å². The van der Waals surface area contributed by atoms with Crippen LogP contribution in [0.25, 0.3) is 22.8 Å². The van der Waals surface area contributed by atoms with Crippen LogP contribution in [0.15, 0.2) is 48.5 Å². The van der Waals surface area contributed by atoms with Crippen LogP contribution in [0.1, 0.15) is 5.56 Å². The van der Waals surface area contributed by atoms with Gasteiger partial charge in [-0.25, -0.2) is 4.98 Å². The highest BCUT2D eigenvalue weighted by atomic mass is 16.6. The highest BCUT2D eigenvalue weighted by Crippen LogP contribution is 2.28. The molecule has 0 bridgehead atoms. The largest absolute Gasteiger partial charge is 0.280 e. The summed E-state index contributed by atoms with van der Waals surface area (Å²) in [6, 6.07) is 14.2. The van der Waals surface area contributed by atoms with Crippen molar-refractivity contribution in [2.45, 2.75) is 6.92 Å². The molecule has 1 heterocycles. The average Bonchev–Trinajstić information content (AvgIpc) is 2.97. The number of nitro benzene ring substituents is 1. The quantitative estimate of drug-likeness (QED) is 0.589. The maximum atomic E-state index is 11.1. The zero-order valence-electron chi connectivity index (χ0n) is 11.3. The van der Waals surface area contributed by atoms with Crippen molar-refractivity contribution in [3.05, 3.63) is 64.2 Å². The molecule has 0 fully saturated rings. The summed E-state index contributed by atoms with van der Waals surface area (Å²) < 4.78 is 0. The number of H-pyrrole nitrogens is 1. The van der Waals surface area contributed by atoms with Crippen LogP contribution in [-0.4, -0.2) is 20.1 Å². The Hall–Kier alpha value is -3.02. The Morgan fingerprint density at radius 3 is 2.71 bits per heavy atom. The summed E-state index contributed by atoms with van der Waals surface area (Å²) in [4.78, 5) is 15.0. The van der Waals surface area contributed by atoms with Gasteiger partial charge < -0.3 is 0 Å². The SMILES string of the molecule is Cc1cccc(-c2n[nH]c(-c3ccccc3[N+](=O)[O-])n2)c1. The predicted octanol–water partition coefficient (Wildman–Crippen LogP) is 3.36. The van der Waals surface area contributed by atoms with Gasteiger partial charge in [-0.05, 0) is 19.1 Å². The Kier molecular flexibility index (Phi) is 3.19. The zero-order valence-corrected chi connectivity index (χ0v) is 11.3. The summed E-state index contributed by atoms with van der Waals surface area (Å²) >= 11 is 0. The van der Waals surface area contributed by atoms with Gasteiger partial charge in [0.2, 0.25) is 0 Å². The first-order valence-electron chi connectivity index (χ1n) is 6.38. The number of aromatic nitrogens is 3. The highest BCUT2D eigenvalue weighted by Gasteiger charge is 2.17. The first-order valence-corrected chi connectivity index (χ1v) is 6.38. The molecule has 0 aliphatic carbocycles. The molecule has 104 valence electrons. The molecule has 1 aromatic heterocycles. The van der Waals surface area contributed by atoms with E-state index in [9.17, 15) is 10.1 Å². The van der Waals surface area contributed by atoms with E-state index in [0.29, 0.717) is 17.2 Å². The third-order valence-corrected chi connectivity index (χ3v) is 3.12. The molecule has 0 aliphatic rings. The lowest BCUT2D eigenvalue weighted by atomic mass is 10.1. The van der Waals surface area contributed by atoms with Crippen molar-refractivity contribution in [1.29, 1.82) is 0 Å². The molecule has 0 aliphatic heterocycles. The van der Waals surface area contributed by atoms with E-state index in [-0.39, 0.29) is 5.69 Å². The molecule has 1 N–H and O–H groups in total. The molecule has 0 spiro atoms. The van der Waals surface area contributed by atoms with Gasteiger partial charge in [-0.1, -0.05) is 35.9 Å². The zero-order chi connectivity index (χ0) is 14.8. The number of nitrogens with one attached hydrogen (secondary N) is 1. The maximum Gasteiger partial charge on any atom is 0.280 e. The second-order valence-corrected chi connectivity index (χ2v) is 4.65. The first-order chi connectivity index (χ1) is 10.1. The summed E-state index contributed by atoms with van der Waals surface area (Å²) in [7, 11) is 0. The molecule has 0 saturated heterocycles. The molecule has 6 heteroatoms. The monoisotopic (exact) mass is 280 g/mol. The molecule has 0 saturated carbocycles. The van der Waals surface area contributed by atoms with Crippen LogP contribution in [0.4, 0.5) is 5.69 Å². The molecule has 0 amide bonds. The first kappa shape index (κ1) is 13.0. The molecule has 21 heavy (non-hydrogen) atoms. The second-order valence-electron chi connectivity index (χ2n) is 4.65. The summed E-state index contributed by atoms with van der Waals surface area (Å²) in [5.41, 5.74) is 2.40. The van der Waals surface area contributed by atoms with E-state index in [1.54, 1.807) is 18.2 Å². The number of nitrogens with zero attached hydrogens (tertiary/aromatic N) is 3. The van der Waals surface area contributed by atoms with Crippen LogP contribution in [0.2, 0.25) is 0 Å². The number of hydrogen-bond donors (Lipinski definition) is 1. The van der Waals surface area contributed by atoms with Gasteiger partial charge in [0.25, 0.3) is 5.69 Å². The van der Waals surface area contributed by atoms with Gasteiger partial charge in [0.05, 0.1) is 10.5 Å². The van der Waals surface area contributed by atoms with Crippen molar-refractivity contribution < 1.29 is 4.92 Å². The third-order valence-electron chi connectivity index (χ3n) is 3.12. The minimum Gasteiger partial charge on any atom is -0.258 e. The van der Waals surface area contributed by atoms with Crippen molar-refractivity contribution in [2.75, 3.05) is 0 Å². The molecule has 3 rings (SSSR count). The van der Waals surface area contributed by atoms with Crippen LogP contribution in [-0.2, 0) is 0 Å². The molecular formula is C15H12N4O2. The molecular weight excluding hydrogens is 268 g/mol. The van der Waals surface area contributed by atoms with E-state index in [1.807, 2.05) is 31.2 Å². The lowest BCUT2D eigenvalue weighted by molar-refractivity contribution is -0.384. The fourth-order valence-corrected chi connectivity index (χ4v) is 2.13. The van der Waals surface area contributed by atoms with Crippen molar-refractivity contribution in [3.8, 4) is 22.8 Å². The molecule has 6 nitrogen and oxygen atoms in total. The standard InChI is InChI=1S/C15H12N4O2/c1-10-5-4-6-11(9-10)14-16-15(18-17-14)12-7-2-3-8-13(12)19(20)21/h2-9H,1H3,(H,16,17,18). The van der Waals surface area contributed by atoms with Gasteiger partial charge >= 0.3 is 0 Å². The van der Waals surface area contributed by atoms with Crippen LogP contribution >= 0.6 is 0 Å². The number of para-hydroxylation sites is 1. The summed E-state index contributed by atoms with van der Waals surface area (Å²) in [6.45, 7) is 1.99. The van der Waals surface area contributed by atoms with E-state index in [0.717, 1.165) is 11.1 Å². The number of aryl methyl sites for hydroxylation is 1. The Morgan fingerprint density at radius 1 is 1.14 bits per heavy atom. The highest BCUT2D eigenvalue weighted by molar-refractivity contribution is 5.69. The number of benzene rings is 2. The van der Waals surface area contributed by atoms with E-state index in [1.165, 1.54) is 6.07 Å². The fraction of sp³-hybridized carbons (Fsp3) is 0.0667. The minimum absolute atomic E-state index is 0.00411. The summed E-state index contributed by atoms with van der Waals surface area (Å²) in [5.74, 6) is 0.908. The van der Waals surface area contributed by atoms with Gasteiger partial charge in [0.1, 0.15) is 0 Å². The lowest BCUT2D eigenvalue weighted by Gasteiger charge is -1.98. The Morgan fingerprint density at radius 2 is 1.95 bits per heavy atom. The van der Waals surface area contributed by atoms with E-state index in [4.69, 9.17) is 0 Å². The fourth-order valence-electron chi connectivity index (χ4n) is 2.13. The second kappa shape index (κ2) is 5.16. The normalized spacial score (nSPS) is 10.5. The molecule has 0 atom stereocenters. The Balaban J connectivity index is 2.05. The van der Waals surface area contributed by atoms with Gasteiger partial charge in [-0.15, -0.1) is 0 Å².